The van der Waals surface area contributed by atoms with Crippen LogP contribution in [-0.4, -0.2) is 19.7 Å². The first-order valence-corrected chi connectivity index (χ1v) is 5.19. The molecule has 4 heteroatoms. The van der Waals surface area contributed by atoms with E-state index in [2.05, 4.69) is 12.2 Å². The van der Waals surface area contributed by atoms with Crippen molar-refractivity contribution in [1.82, 2.24) is 5.32 Å². The van der Waals surface area contributed by atoms with E-state index in [-0.39, 0.29) is 0 Å². The van der Waals surface area contributed by atoms with Gasteiger partial charge in [-0.3, -0.25) is 0 Å². The van der Waals surface area contributed by atoms with Crippen LogP contribution in [0.5, 0.6) is 5.75 Å². The lowest BCUT2D eigenvalue weighted by atomic mass is 10.3. The van der Waals surface area contributed by atoms with Crippen molar-refractivity contribution in [3.05, 3.63) is 16.3 Å². The number of nitrogens with two attached hydrogens (primary N) is 1. The van der Waals surface area contributed by atoms with Gasteiger partial charge in [0, 0.05) is 29.4 Å². The van der Waals surface area contributed by atoms with Crippen LogP contribution in [0.2, 0.25) is 0 Å². The Morgan fingerprint density at radius 3 is 3.00 bits per heavy atom. The van der Waals surface area contributed by atoms with Gasteiger partial charge in [-0.05, 0) is 13.0 Å². The fourth-order valence-electron chi connectivity index (χ4n) is 0.918. The van der Waals surface area contributed by atoms with Crippen molar-refractivity contribution in [2.75, 3.05) is 13.7 Å². The molecule has 1 heterocycles. The van der Waals surface area contributed by atoms with Gasteiger partial charge in [0.05, 0.1) is 7.11 Å². The number of hydrogen-bond acceptors (Lipinski definition) is 4. The molecule has 0 bridgehead atoms. The molecule has 0 aliphatic carbocycles. The van der Waals surface area contributed by atoms with Crippen molar-refractivity contribution >= 4 is 11.3 Å². The number of rotatable bonds is 5. The largest absolute Gasteiger partial charge is 0.496 e. The molecule has 0 saturated heterocycles. The lowest BCUT2D eigenvalue weighted by Gasteiger charge is -2.08. The molecule has 0 saturated carbocycles. The molecule has 0 fully saturated rings. The number of methoxy groups -OCH3 is 1. The van der Waals surface area contributed by atoms with Crippen molar-refractivity contribution in [2.45, 2.75) is 19.5 Å². The maximum atomic E-state index is 5.48. The second kappa shape index (κ2) is 5.21. The lowest BCUT2D eigenvalue weighted by molar-refractivity contribution is 0.416. The summed E-state index contributed by atoms with van der Waals surface area (Å²) in [5.41, 5.74) is 5.48. The molecule has 1 unspecified atom stereocenters. The maximum absolute atomic E-state index is 5.48. The van der Waals surface area contributed by atoms with E-state index in [1.807, 2.05) is 11.4 Å². The normalized spacial score (nSPS) is 12.8. The summed E-state index contributed by atoms with van der Waals surface area (Å²) in [5, 5.41) is 5.32. The molecule has 0 aromatic carbocycles. The van der Waals surface area contributed by atoms with E-state index >= 15 is 0 Å². The number of nitrogens with one attached hydrogen (secondary N) is 1. The maximum Gasteiger partial charge on any atom is 0.129 e. The third-order valence-corrected chi connectivity index (χ3v) is 2.76. The Balaban J connectivity index is 2.36. The summed E-state index contributed by atoms with van der Waals surface area (Å²) in [5.74, 6) is 0.933. The highest BCUT2D eigenvalue weighted by Crippen LogP contribution is 2.20. The minimum Gasteiger partial charge on any atom is -0.496 e. The van der Waals surface area contributed by atoms with E-state index in [4.69, 9.17) is 10.5 Å². The molecule has 0 spiro atoms. The van der Waals surface area contributed by atoms with Crippen LogP contribution in [-0.2, 0) is 6.54 Å². The summed E-state index contributed by atoms with van der Waals surface area (Å²) >= 11 is 1.70. The summed E-state index contributed by atoms with van der Waals surface area (Å²) in [7, 11) is 1.68. The van der Waals surface area contributed by atoms with Crippen LogP contribution < -0.4 is 15.8 Å². The molecular weight excluding hydrogens is 184 g/mol. The van der Waals surface area contributed by atoms with Crippen LogP contribution in [0.4, 0.5) is 0 Å². The highest BCUT2D eigenvalue weighted by Gasteiger charge is 2.01. The molecule has 3 N–H and O–H groups in total. The van der Waals surface area contributed by atoms with Crippen LogP contribution in [0.25, 0.3) is 0 Å². The van der Waals surface area contributed by atoms with Gasteiger partial charge in [0.25, 0.3) is 0 Å². The predicted molar refractivity (Wildman–Crippen MR) is 56.2 cm³/mol. The first kappa shape index (κ1) is 10.5. The molecule has 1 atom stereocenters. The second-order valence-electron chi connectivity index (χ2n) is 2.97. The molecule has 13 heavy (non-hydrogen) atoms. The second-order valence-corrected chi connectivity index (χ2v) is 3.97. The van der Waals surface area contributed by atoms with Gasteiger partial charge in [0.15, 0.2) is 0 Å². The Hall–Kier alpha value is -0.580. The first-order chi connectivity index (χ1) is 6.26. The van der Waals surface area contributed by atoms with E-state index < -0.39 is 0 Å². The van der Waals surface area contributed by atoms with E-state index in [0.29, 0.717) is 12.6 Å². The zero-order chi connectivity index (χ0) is 9.68. The minimum atomic E-state index is 0.369. The summed E-state index contributed by atoms with van der Waals surface area (Å²) in [6.45, 7) is 3.61. The Labute approximate surface area is 82.9 Å². The molecule has 1 rings (SSSR count). The van der Waals surface area contributed by atoms with Crippen LogP contribution >= 0.6 is 11.3 Å². The Bertz CT molecular complexity index is 250. The number of hydrogen-bond donors (Lipinski definition) is 2. The first-order valence-electron chi connectivity index (χ1n) is 4.31. The molecule has 74 valence electrons. The smallest absolute Gasteiger partial charge is 0.129 e. The van der Waals surface area contributed by atoms with Crippen molar-refractivity contribution < 1.29 is 4.74 Å². The number of ether oxygens (including phenoxy) is 1. The fraction of sp³-hybridized carbons (Fsp3) is 0.556. The molecule has 0 aliphatic heterocycles. The fourth-order valence-corrected chi connectivity index (χ4v) is 1.70. The predicted octanol–water partition coefficient (Wildman–Crippen LogP) is 1.19. The van der Waals surface area contributed by atoms with Gasteiger partial charge in [-0.25, -0.2) is 0 Å². The SMILES string of the molecule is COc1csc(CNC(C)CN)c1. The van der Waals surface area contributed by atoms with Gasteiger partial charge in [-0.2, -0.15) is 0 Å². The van der Waals surface area contributed by atoms with Gasteiger partial charge in [0.1, 0.15) is 5.75 Å². The Morgan fingerprint density at radius 1 is 1.69 bits per heavy atom. The van der Waals surface area contributed by atoms with Crippen molar-refractivity contribution in [3.63, 3.8) is 0 Å². The molecule has 3 nitrogen and oxygen atoms in total. The van der Waals surface area contributed by atoms with Crippen molar-refractivity contribution in [3.8, 4) is 5.75 Å². The van der Waals surface area contributed by atoms with E-state index in [0.717, 1.165) is 12.3 Å². The van der Waals surface area contributed by atoms with Crippen molar-refractivity contribution in [1.29, 1.82) is 0 Å². The summed E-state index contributed by atoms with van der Waals surface area (Å²) in [4.78, 5) is 1.28. The zero-order valence-corrected chi connectivity index (χ0v) is 8.86. The van der Waals surface area contributed by atoms with Gasteiger partial charge in [0.2, 0.25) is 0 Å². The summed E-state index contributed by atoms with van der Waals surface area (Å²) in [6.07, 6.45) is 0. The Kier molecular flexibility index (Phi) is 4.21. The van der Waals surface area contributed by atoms with Crippen LogP contribution in [0.3, 0.4) is 0 Å². The van der Waals surface area contributed by atoms with Gasteiger partial charge in [-0.1, -0.05) is 0 Å². The van der Waals surface area contributed by atoms with Gasteiger partial charge in [-0.15, -0.1) is 11.3 Å². The van der Waals surface area contributed by atoms with Gasteiger partial charge < -0.3 is 15.8 Å². The van der Waals surface area contributed by atoms with Crippen LogP contribution in [0.15, 0.2) is 11.4 Å². The minimum absolute atomic E-state index is 0.369. The quantitative estimate of drug-likeness (QED) is 0.750. The molecular formula is C9H16N2OS. The summed E-state index contributed by atoms with van der Waals surface area (Å²) < 4.78 is 5.09. The third-order valence-electron chi connectivity index (χ3n) is 1.84. The zero-order valence-electron chi connectivity index (χ0n) is 8.04. The van der Waals surface area contributed by atoms with E-state index in [1.165, 1.54) is 4.88 Å². The monoisotopic (exact) mass is 200 g/mol. The van der Waals surface area contributed by atoms with Gasteiger partial charge >= 0.3 is 0 Å². The third kappa shape index (κ3) is 3.34. The lowest BCUT2D eigenvalue weighted by Crippen LogP contribution is -2.32. The highest BCUT2D eigenvalue weighted by molar-refractivity contribution is 7.10. The van der Waals surface area contributed by atoms with Crippen LogP contribution in [0, 0.1) is 0 Å². The average Bonchev–Trinajstić information content (AvgIpc) is 2.61. The Morgan fingerprint density at radius 2 is 2.46 bits per heavy atom. The van der Waals surface area contributed by atoms with Crippen molar-refractivity contribution in [2.24, 2.45) is 5.73 Å². The van der Waals surface area contributed by atoms with E-state index in [9.17, 15) is 0 Å². The molecule has 0 amide bonds. The molecule has 0 radical (unpaired) electrons. The highest BCUT2D eigenvalue weighted by atomic mass is 32.1. The standard InChI is InChI=1S/C9H16N2OS/c1-7(4-10)11-5-9-3-8(12-2)6-13-9/h3,6-7,11H,4-5,10H2,1-2H3. The summed E-state index contributed by atoms with van der Waals surface area (Å²) in [6, 6.07) is 2.41. The topological polar surface area (TPSA) is 47.3 Å². The molecule has 0 aliphatic rings. The van der Waals surface area contributed by atoms with Crippen LogP contribution in [0.1, 0.15) is 11.8 Å². The number of thiophene rings is 1. The average molecular weight is 200 g/mol. The molecule has 1 aromatic heterocycles. The van der Waals surface area contributed by atoms with E-state index in [1.54, 1.807) is 18.4 Å². The molecule has 1 aromatic rings.